The Kier molecular flexibility index (Phi) is 4.46. The molecule has 0 spiro atoms. The van der Waals surface area contributed by atoms with E-state index < -0.39 is 0 Å². The second-order valence-corrected chi connectivity index (χ2v) is 5.12. The average molecular weight is 294 g/mol. The van der Waals surface area contributed by atoms with Crippen molar-refractivity contribution in [3.63, 3.8) is 0 Å². The van der Waals surface area contributed by atoms with Gasteiger partial charge < -0.3 is 5.32 Å². The number of rotatable bonds is 3. The largest absolute Gasteiger partial charge is 0.326 e. The SMILES string of the molecule is Cc1ccc(Cl)cc1NC(=O)Cc1ccccc1Cl. The third kappa shape index (κ3) is 3.72. The van der Waals surface area contributed by atoms with E-state index in [1.54, 1.807) is 18.2 Å². The van der Waals surface area contributed by atoms with Crippen LogP contribution in [0.3, 0.4) is 0 Å². The van der Waals surface area contributed by atoms with Crippen LogP contribution in [0.4, 0.5) is 5.69 Å². The molecule has 0 aliphatic rings. The molecule has 98 valence electrons. The minimum Gasteiger partial charge on any atom is -0.326 e. The molecule has 1 N–H and O–H groups in total. The average Bonchev–Trinajstić information content (AvgIpc) is 2.37. The third-order valence-corrected chi connectivity index (χ3v) is 3.39. The molecule has 4 heteroatoms. The molecule has 0 saturated heterocycles. The van der Waals surface area contributed by atoms with Crippen molar-refractivity contribution in [3.05, 3.63) is 63.6 Å². The molecule has 0 bridgehead atoms. The summed E-state index contributed by atoms with van der Waals surface area (Å²) in [6, 6.07) is 12.7. The van der Waals surface area contributed by atoms with Crippen molar-refractivity contribution in [2.75, 3.05) is 5.32 Å². The van der Waals surface area contributed by atoms with Crippen molar-refractivity contribution in [2.24, 2.45) is 0 Å². The van der Waals surface area contributed by atoms with Gasteiger partial charge in [0.1, 0.15) is 0 Å². The van der Waals surface area contributed by atoms with E-state index in [2.05, 4.69) is 5.32 Å². The van der Waals surface area contributed by atoms with Gasteiger partial charge in [0.25, 0.3) is 0 Å². The van der Waals surface area contributed by atoms with Crippen LogP contribution in [0, 0.1) is 6.92 Å². The molecule has 2 aromatic rings. The molecule has 0 aliphatic carbocycles. The summed E-state index contributed by atoms with van der Waals surface area (Å²) < 4.78 is 0. The lowest BCUT2D eigenvalue weighted by Crippen LogP contribution is -2.15. The van der Waals surface area contributed by atoms with E-state index in [-0.39, 0.29) is 12.3 Å². The molecule has 0 saturated carbocycles. The summed E-state index contributed by atoms with van der Waals surface area (Å²) in [7, 11) is 0. The lowest BCUT2D eigenvalue weighted by atomic mass is 10.1. The Morgan fingerprint density at radius 1 is 1.16 bits per heavy atom. The van der Waals surface area contributed by atoms with E-state index in [1.165, 1.54) is 0 Å². The maximum Gasteiger partial charge on any atom is 0.228 e. The standard InChI is InChI=1S/C15H13Cl2NO/c1-10-6-7-12(16)9-14(10)18-15(19)8-11-4-2-3-5-13(11)17/h2-7,9H,8H2,1H3,(H,18,19). The predicted octanol–water partition coefficient (Wildman–Crippen LogP) is 4.48. The van der Waals surface area contributed by atoms with Crippen LogP contribution >= 0.6 is 23.2 Å². The number of carbonyl (C=O) groups is 1. The zero-order valence-electron chi connectivity index (χ0n) is 10.4. The molecule has 0 aliphatic heterocycles. The molecule has 0 atom stereocenters. The second kappa shape index (κ2) is 6.09. The van der Waals surface area contributed by atoms with Gasteiger partial charge in [-0.05, 0) is 36.2 Å². The van der Waals surface area contributed by atoms with Gasteiger partial charge >= 0.3 is 0 Å². The van der Waals surface area contributed by atoms with Crippen molar-refractivity contribution >= 4 is 34.8 Å². The molecule has 2 aromatic carbocycles. The van der Waals surface area contributed by atoms with E-state index in [0.29, 0.717) is 10.0 Å². The minimum absolute atomic E-state index is 0.113. The van der Waals surface area contributed by atoms with Crippen molar-refractivity contribution in [1.29, 1.82) is 0 Å². The van der Waals surface area contributed by atoms with Crippen LogP contribution in [-0.4, -0.2) is 5.91 Å². The normalized spacial score (nSPS) is 10.3. The summed E-state index contributed by atoms with van der Waals surface area (Å²) in [6.07, 6.45) is 0.242. The molecule has 0 unspecified atom stereocenters. The van der Waals surface area contributed by atoms with Gasteiger partial charge in [-0.1, -0.05) is 47.5 Å². The first kappa shape index (κ1) is 13.9. The first-order chi connectivity index (χ1) is 9.06. The van der Waals surface area contributed by atoms with Crippen LogP contribution in [0.5, 0.6) is 0 Å². The maximum absolute atomic E-state index is 12.0. The zero-order chi connectivity index (χ0) is 13.8. The number of aryl methyl sites for hydroxylation is 1. The fourth-order valence-electron chi connectivity index (χ4n) is 1.74. The number of benzene rings is 2. The number of halogens is 2. The molecule has 2 rings (SSSR count). The molecule has 19 heavy (non-hydrogen) atoms. The smallest absolute Gasteiger partial charge is 0.228 e. The van der Waals surface area contributed by atoms with Gasteiger partial charge in [-0.2, -0.15) is 0 Å². The Labute approximate surface area is 122 Å². The molecular weight excluding hydrogens is 281 g/mol. The first-order valence-electron chi connectivity index (χ1n) is 5.85. The molecule has 0 aromatic heterocycles. The summed E-state index contributed by atoms with van der Waals surface area (Å²) >= 11 is 11.9. The van der Waals surface area contributed by atoms with Crippen molar-refractivity contribution < 1.29 is 4.79 Å². The maximum atomic E-state index is 12.0. The fourth-order valence-corrected chi connectivity index (χ4v) is 2.11. The summed E-state index contributed by atoms with van der Waals surface area (Å²) in [5.41, 5.74) is 2.50. The van der Waals surface area contributed by atoms with Crippen LogP contribution in [0.25, 0.3) is 0 Å². The second-order valence-electron chi connectivity index (χ2n) is 4.28. The van der Waals surface area contributed by atoms with Gasteiger partial charge in [-0.3, -0.25) is 4.79 Å². The lowest BCUT2D eigenvalue weighted by molar-refractivity contribution is -0.115. The third-order valence-electron chi connectivity index (χ3n) is 2.78. The molecular formula is C15H13Cl2NO. The number of carbonyl (C=O) groups excluding carboxylic acids is 1. The monoisotopic (exact) mass is 293 g/mol. The van der Waals surface area contributed by atoms with Crippen LogP contribution in [0.15, 0.2) is 42.5 Å². The van der Waals surface area contributed by atoms with Crippen LogP contribution in [0.2, 0.25) is 10.0 Å². The number of amides is 1. The highest BCUT2D eigenvalue weighted by atomic mass is 35.5. The highest BCUT2D eigenvalue weighted by Gasteiger charge is 2.08. The number of hydrogen-bond donors (Lipinski definition) is 1. The van der Waals surface area contributed by atoms with Crippen LogP contribution < -0.4 is 5.32 Å². The Hall–Kier alpha value is -1.51. The highest BCUT2D eigenvalue weighted by Crippen LogP contribution is 2.21. The summed E-state index contributed by atoms with van der Waals surface area (Å²) in [6.45, 7) is 1.92. The van der Waals surface area contributed by atoms with Gasteiger partial charge in [0.05, 0.1) is 6.42 Å². The quantitative estimate of drug-likeness (QED) is 0.888. The van der Waals surface area contributed by atoms with Gasteiger partial charge in [0.2, 0.25) is 5.91 Å². The Morgan fingerprint density at radius 2 is 1.89 bits per heavy atom. The number of anilines is 1. The van der Waals surface area contributed by atoms with Gasteiger partial charge in [-0.25, -0.2) is 0 Å². The molecule has 2 nitrogen and oxygen atoms in total. The lowest BCUT2D eigenvalue weighted by Gasteiger charge is -2.09. The molecule has 0 radical (unpaired) electrons. The van der Waals surface area contributed by atoms with Crippen molar-refractivity contribution in [1.82, 2.24) is 0 Å². The van der Waals surface area contributed by atoms with Gasteiger partial charge in [0, 0.05) is 15.7 Å². The van der Waals surface area contributed by atoms with Crippen LogP contribution in [0.1, 0.15) is 11.1 Å². The highest BCUT2D eigenvalue weighted by molar-refractivity contribution is 6.31. The van der Waals surface area contributed by atoms with Gasteiger partial charge in [0.15, 0.2) is 0 Å². The van der Waals surface area contributed by atoms with E-state index in [1.807, 2.05) is 31.2 Å². The number of hydrogen-bond acceptors (Lipinski definition) is 1. The van der Waals surface area contributed by atoms with Crippen molar-refractivity contribution in [3.8, 4) is 0 Å². The molecule has 0 heterocycles. The topological polar surface area (TPSA) is 29.1 Å². The first-order valence-corrected chi connectivity index (χ1v) is 6.61. The summed E-state index contributed by atoms with van der Waals surface area (Å²) in [5, 5.41) is 4.04. The van der Waals surface area contributed by atoms with E-state index >= 15 is 0 Å². The Morgan fingerprint density at radius 3 is 2.63 bits per heavy atom. The van der Waals surface area contributed by atoms with E-state index in [4.69, 9.17) is 23.2 Å². The summed E-state index contributed by atoms with van der Waals surface area (Å²) in [4.78, 5) is 12.0. The van der Waals surface area contributed by atoms with Crippen LogP contribution in [-0.2, 0) is 11.2 Å². The Bertz CT molecular complexity index is 611. The van der Waals surface area contributed by atoms with Gasteiger partial charge in [-0.15, -0.1) is 0 Å². The fraction of sp³-hybridized carbons (Fsp3) is 0.133. The Balaban J connectivity index is 2.10. The van der Waals surface area contributed by atoms with E-state index in [0.717, 1.165) is 16.8 Å². The summed E-state index contributed by atoms with van der Waals surface area (Å²) in [5.74, 6) is -0.113. The zero-order valence-corrected chi connectivity index (χ0v) is 11.9. The van der Waals surface area contributed by atoms with Crippen molar-refractivity contribution in [2.45, 2.75) is 13.3 Å². The predicted molar refractivity (Wildman–Crippen MR) is 80.0 cm³/mol. The molecule has 1 amide bonds. The molecule has 0 fully saturated rings. The van der Waals surface area contributed by atoms with E-state index in [9.17, 15) is 4.79 Å². The number of nitrogens with one attached hydrogen (secondary N) is 1. The minimum atomic E-state index is -0.113.